The monoisotopic (exact) mass is 338 g/mol. The molecule has 0 radical (unpaired) electrons. The van der Waals surface area contributed by atoms with Crippen LogP contribution in [0.25, 0.3) is 0 Å². The van der Waals surface area contributed by atoms with Gasteiger partial charge in [0.05, 0.1) is 4.90 Å². The molecule has 1 aromatic rings. The summed E-state index contributed by atoms with van der Waals surface area (Å²) in [6.07, 6.45) is 1.93. The molecule has 1 atom stereocenters. The van der Waals surface area contributed by atoms with Gasteiger partial charge >= 0.3 is 0 Å². The minimum Gasteiger partial charge on any atom is -0.399 e. The van der Waals surface area contributed by atoms with Crippen LogP contribution >= 0.6 is 27.7 Å². The number of sulfonamides is 1. The number of nitrogen functional groups attached to an aromatic ring is 1. The largest absolute Gasteiger partial charge is 0.399 e. The predicted octanol–water partition coefficient (Wildman–Crippen LogP) is 2.06. The highest BCUT2D eigenvalue weighted by atomic mass is 79.9. The third-order valence-corrected chi connectivity index (χ3v) is 5.43. The zero-order chi connectivity index (χ0) is 13.1. The average molecular weight is 339 g/mol. The van der Waals surface area contributed by atoms with Crippen molar-refractivity contribution in [3.8, 4) is 0 Å². The number of benzene rings is 1. The van der Waals surface area contributed by atoms with Crippen molar-refractivity contribution >= 4 is 43.4 Å². The van der Waals surface area contributed by atoms with E-state index in [1.54, 1.807) is 23.9 Å². The highest BCUT2D eigenvalue weighted by Crippen LogP contribution is 2.24. The van der Waals surface area contributed by atoms with Crippen molar-refractivity contribution in [1.29, 1.82) is 0 Å². The van der Waals surface area contributed by atoms with E-state index in [1.807, 2.05) is 13.2 Å². The molecule has 0 spiro atoms. The van der Waals surface area contributed by atoms with E-state index in [0.29, 0.717) is 10.2 Å². The molecule has 0 bridgehead atoms. The van der Waals surface area contributed by atoms with Gasteiger partial charge in [-0.3, -0.25) is 0 Å². The van der Waals surface area contributed by atoms with Crippen molar-refractivity contribution < 1.29 is 8.42 Å². The van der Waals surface area contributed by atoms with Gasteiger partial charge in [-0.2, -0.15) is 11.8 Å². The molecular formula is C10H15BrN2O2S2. The Bertz CT molecular complexity index is 491. The molecule has 0 heterocycles. The Morgan fingerprint density at radius 3 is 2.76 bits per heavy atom. The number of nitrogens with two attached hydrogens (primary N) is 1. The maximum absolute atomic E-state index is 12.1. The number of thioether (sulfide) groups is 1. The Hall–Kier alpha value is -0.240. The van der Waals surface area contributed by atoms with Crippen molar-refractivity contribution in [3.63, 3.8) is 0 Å². The maximum atomic E-state index is 12.1. The third kappa shape index (κ3) is 4.17. The number of hydrogen-bond donors (Lipinski definition) is 2. The Labute approximate surface area is 115 Å². The molecule has 1 aromatic carbocycles. The first-order valence-corrected chi connectivity index (χ1v) is 8.60. The van der Waals surface area contributed by atoms with Gasteiger partial charge in [-0.15, -0.1) is 0 Å². The van der Waals surface area contributed by atoms with E-state index in [9.17, 15) is 8.42 Å². The van der Waals surface area contributed by atoms with E-state index in [-0.39, 0.29) is 10.9 Å². The molecule has 3 N–H and O–H groups in total. The number of anilines is 1. The summed E-state index contributed by atoms with van der Waals surface area (Å²) in [6.45, 7) is 1.83. The Morgan fingerprint density at radius 2 is 2.18 bits per heavy atom. The third-order valence-electron chi connectivity index (χ3n) is 2.02. The topological polar surface area (TPSA) is 72.2 Å². The first-order chi connectivity index (χ1) is 7.86. The molecule has 96 valence electrons. The van der Waals surface area contributed by atoms with Gasteiger partial charge in [-0.25, -0.2) is 13.1 Å². The normalized spacial score (nSPS) is 13.6. The molecule has 0 fully saturated rings. The lowest BCUT2D eigenvalue weighted by atomic mass is 10.3. The highest BCUT2D eigenvalue weighted by Gasteiger charge is 2.20. The first-order valence-electron chi connectivity index (χ1n) is 4.93. The van der Waals surface area contributed by atoms with Crippen LogP contribution in [0.4, 0.5) is 5.69 Å². The fraction of sp³-hybridized carbons (Fsp3) is 0.400. The summed E-state index contributed by atoms with van der Waals surface area (Å²) in [7, 11) is -3.53. The van der Waals surface area contributed by atoms with Gasteiger partial charge in [-0.1, -0.05) is 0 Å². The summed E-state index contributed by atoms with van der Waals surface area (Å²) < 4.78 is 27.3. The lowest BCUT2D eigenvalue weighted by Crippen LogP contribution is -2.34. The van der Waals surface area contributed by atoms with Crippen molar-refractivity contribution in [2.45, 2.75) is 17.9 Å². The lowest BCUT2D eigenvalue weighted by molar-refractivity contribution is 0.570. The van der Waals surface area contributed by atoms with Crippen LogP contribution in [-0.4, -0.2) is 26.5 Å². The van der Waals surface area contributed by atoms with E-state index >= 15 is 0 Å². The van der Waals surface area contributed by atoms with Crippen molar-refractivity contribution in [2.75, 3.05) is 17.7 Å². The minimum atomic E-state index is -3.53. The Balaban J connectivity index is 3.01. The van der Waals surface area contributed by atoms with Crippen molar-refractivity contribution in [2.24, 2.45) is 0 Å². The fourth-order valence-corrected chi connectivity index (χ4v) is 4.27. The zero-order valence-electron chi connectivity index (χ0n) is 9.60. The molecule has 0 saturated carbocycles. The maximum Gasteiger partial charge on any atom is 0.242 e. The van der Waals surface area contributed by atoms with Gasteiger partial charge in [0.15, 0.2) is 0 Å². The quantitative estimate of drug-likeness (QED) is 0.806. The second-order valence-electron chi connectivity index (χ2n) is 3.67. The molecule has 0 aliphatic heterocycles. The van der Waals surface area contributed by atoms with E-state index in [4.69, 9.17) is 5.73 Å². The molecule has 1 rings (SSSR count). The van der Waals surface area contributed by atoms with Crippen molar-refractivity contribution in [3.05, 3.63) is 22.7 Å². The molecule has 7 heteroatoms. The average Bonchev–Trinajstić information content (AvgIpc) is 2.21. The second-order valence-corrected chi connectivity index (χ2v) is 7.11. The number of nitrogens with one attached hydrogen (secondary N) is 1. The van der Waals surface area contributed by atoms with Gasteiger partial charge in [0.25, 0.3) is 0 Å². The molecule has 0 saturated heterocycles. The highest BCUT2D eigenvalue weighted by molar-refractivity contribution is 9.10. The molecule has 0 aliphatic carbocycles. The second kappa shape index (κ2) is 6.08. The molecular weight excluding hydrogens is 324 g/mol. The van der Waals surface area contributed by atoms with Gasteiger partial charge in [0.1, 0.15) is 0 Å². The Kier molecular flexibility index (Phi) is 5.30. The van der Waals surface area contributed by atoms with Crippen molar-refractivity contribution in [1.82, 2.24) is 4.72 Å². The summed E-state index contributed by atoms with van der Waals surface area (Å²) in [5, 5.41) is 0. The van der Waals surface area contributed by atoms with Crippen LogP contribution in [0.15, 0.2) is 27.6 Å². The number of halogens is 1. The molecule has 0 aromatic heterocycles. The molecule has 0 amide bonds. The van der Waals surface area contributed by atoms with Crippen LogP contribution in [0.5, 0.6) is 0 Å². The van der Waals surface area contributed by atoms with Crippen LogP contribution in [0.3, 0.4) is 0 Å². The molecule has 0 aliphatic rings. The van der Waals surface area contributed by atoms with Crippen LogP contribution in [0.2, 0.25) is 0 Å². The predicted molar refractivity (Wildman–Crippen MR) is 76.7 cm³/mol. The van der Waals surface area contributed by atoms with E-state index in [1.165, 1.54) is 6.07 Å². The summed E-state index contributed by atoms with van der Waals surface area (Å²) in [4.78, 5) is 0.172. The molecule has 1 unspecified atom stereocenters. The summed E-state index contributed by atoms with van der Waals surface area (Å²) in [6, 6.07) is 4.60. The summed E-state index contributed by atoms with van der Waals surface area (Å²) >= 11 is 4.80. The number of rotatable bonds is 5. The molecule has 4 nitrogen and oxygen atoms in total. The zero-order valence-corrected chi connectivity index (χ0v) is 12.8. The molecule has 17 heavy (non-hydrogen) atoms. The van der Waals surface area contributed by atoms with Crippen LogP contribution in [-0.2, 0) is 10.0 Å². The van der Waals surface area contributed by atoms with E-state index in [0.717, 1.165) is 5.75 Å². The van der Waals surface area contributed by atoms with Crippen LogP contribution < -0.4 is 10.5 Å². The van der Waals surface area contributed by atoms with Crippen LogP contribution in [0.1, 0.15) is 6.92 Å². The smallest absolute Gasteiger partial charge is 0.242 e. The van der Waals surface area contributed by atoms with Gasteiger partial charge < -0.3 is 5.73 Å². The van der Waals surface area contributed by atoms with E-state index in [2.05, 4.69) is 20.7 Å². The first kappa shape index (κ1) is 14.8. The van der Waals surface area contributed by atoms with Gasteiger partial charge in [0, 0.05) is 22.0 Å². The SMILES string of the molecule is CSCC(C)NS(=O)(=O)c1cc(N)ccc1Br. The standard InChI is InChI=1S/C10H15BrN2O2S2/c1-7(6-16-2)13-17(14,15)10-5-8(12)3-4-9(10)11/h3-5,7,13H,6,12H2,1-2H3. The lowest BCUT2D eigenvalue weighted by Gasteiger charge is -2.14. The fourth-order valence-electron chi connectivity index (χ4n) is 1.34. The Morgan fingerprint density at radius 1 is 1.53 bits per heavy atom. The van der Waals surface area contributed by atoms with Crippen LogP contribution in [0, 0.1) is 0 Å². The van der Waals surface area contributed by atoms with E-state index < -0.39 is 10.0 Å². The van der Waals surface area contributed by atoms with Gasteiger partial charge in [-0.05, 0) is 47.3 Å². The minimum absolute atomic E-state index is 0.122. The summed E-state index contributed by atoms with van der Waals surface area (Å²) in [5.74, 6) is 0.721. The summed E-state index contributed by atoms with van der Waals surface area (Å²) in [5.41, 5.74) is 6.02. The van der Waals surface area contributed by atoms with Gasteiger partial charge in [0.2, 0.25) is 10.0 Å². The number of hydrogen-bond acceptors (Lipinski definition) is 4.